The molecule has 4 heteroatoms. The van der Waals surface area contributed by atoms with Crippen molar-refractivity contribution in [3.63, 3.8) is 0 Å². The van der Waals surface area contributed by atoms with Gasteiger partial charge in [0.05, 0.1) is 4.88 Å². The zero-order valence-corrected chi connectivity index (χ0v) is 11.9. The molecule has 100 valence electrons. The molecule has 3 nitrogen and oxygen atoms in total. The minimum atomic E-state index is 0.191. The van der Waals surface area contributed by atoms with Gasteiger partial charge in [0, 0.05) is 24.3 Å². The van der Waals surface area contributed by atoms with Gasteiger partial charge in [-0.25, -0.2) is 0 Å². The van der Waals surface area contributed by atoms with E-state index in [-0.39, 0.29) is 5.91 Å². The van der Waals surface area contributed by atoms with Crippen LogP contribution in [0, 0.1) is 0 Å². The Morgan fingerprint density at radius 3 is 2.84 bits per heavy atom. The van der Waals surface area contributed by atoms with Gasteiger partial charge in [-0.05, 0) is 37.5 Å². The lowest BCUT2D eigenvalue weighted by molar-refractivity contribution is 0.0768. The van der Waals surface area contributed by atoms with Crippen molar-refractivity contribution in [2.24, 2.45) is 0 Å². The number of hydrogen-bond acceptors (Lipinski definition) is 3. The Morgan fingerprint density at radius 1 is 1.16 bits per heavy atom. The van der Waals surface area contributed by atoms with Gasteiger partial charge in [0.2, 0.25) is 0 Å². The lowest BCUT2D eigenvalue weighted by Gasteiger charge is -2.19. The predicted molar refractivity (Wildman–Crippen MR) is 79.8 cm³/mol. The summed E-state index contributed by atoms with van der Waals surface area (Å²) in [5, 5.41) is 1.17. The van der Waals surface area contributed by atoms with E-state index in [1.54, 1.807) is 11.3 Å². The molecule has 2 heterocycles. The molecule has 3 rings (SSSR count). The molecule has 1 aromatic carbocycles. The molecule has 1 aliphatic rings. The smallest absolute Gasteiger partial charge is 0.264 e. The maximum Gasteiger partial charge on any atom is 0.264 e. The summed E-state index contributed by atoms with van der Waals surface area (Å²) in [6.07, 6.45) is 1.06. The molecule has 0 unspecified atom stereocenters. The molecule has 1 aliphatic heterocycles. The average molecular weight is 274 g/mol. The van der Waals surface area contributed by atoms with Gasteiger partial charge in [-0.15, -0.1) is 11.3 Å². The molecule has 1 fully saturated rings. The van der Waals surface area contributed by atoms with Crippen LogP contribution in [-0.2, 0) is 0 Å². The summed E-state index contributed by atoms with van der Waals surface area (Å²) in [4.78, 5) is 17.7. The van der Waals surface area contributed by atoms with Crippen molar-refractivity contribution in [2.45, 2.75) is 6.42 Å². The molecule has 19 heavy (non-hydrogen) atoms. The van der Waals surface area contributed by atoms with Gasteiger partial charge in [-0.2, -0.15) is 0 Å². The second-order valence-electron chi connectivity index (χ2n) is 5.10. The number of carbonyl (C=O) groups excluding carboxylic acids is 1. The summed E-state index contributed by atoms with van der Waals surface area (Å²) in [5.41, 5.74) is 0. The highest BCUT2D eigenvalue weighted by molar-refractivity contribution is 7.20. The Kier molecular flexibility index (Phi) is 3.53. The van der Waals surface area contributed by atoms with Crippen LogP contribution in [0.2, 0.25) is 0 Å². The van der Waals surface area contributed by atoms with Crippen LogP contribution in [0.4, 0.5) is 0 Å². The Labute approximate surface area is 117 Å². The summed E-state index contributed by atoms with van der Waals surface area (Å²) >= 11 is 1.60. The molecule has 0 radical (unpaired) electrons. The first-order chi connectivity index (χ1) is 9.24. The molecule has 0 N–H and O–H groups in total. The van der Waals surface area contributed by atoms with E-state index in [2.05, 4.69) is 24.1 Å². The van der Waals surface area contributed by atoms with Gasteiger partial charge in [0.1, 0.15) is 0 Å². The normalized spacial score (nSPS) is 17.6. The minimum absolute atomic E-state index is 0.191. The maximum absolute atomic E-state index is 12.5. The van der Waals surface area contributed by atoms with Crippen molar-refractivity contribution >= 4 is 27.3 Å². The van der Waals surface area contributed by atoms with Gasteiger partial charge in [-0.3, -0.25) is 4.79 Å². The van der Waals surface area contributed by atoms with E-state index in [4.69, 9.17) is 0 Å². The Hall–Kier alpha value is -1.39. The summed E-state index contributed by atoms with van der Waals surface area (Å²) in [6, 6.07) is 10.2. The summed E-state index contributed by atoms with van der Waals surface area (Å²) < 4.78 is 1.19. The SMILES string of the molecule is CN1CCCN(C(=O)c2cc3ccccc3s2)CC1. The van der Waals surface area contributed by atoms with Crippen LogP contribution in [-0.4, -0.2) is 48.9 Å². The van der Waals surface area contributed by atoms with Gasteiger partial charge < -0.3 is 9.80 Å². The zero-order valence-electron chi connectivity index (χ0n) is 11.1. The van der Waals surface area contributed by atoms with Gasteiger partial charge in [0.25, 0.3) is 5.91 Å². The Morgan fingerprint density at radius 2 is 2.00 bits per heavy atom. The van der Waals surface area contributed by atoms with Crippen molar-refractivity contribution in [3.05, 3.63) is 35.2 Å². The highest BCUT2D eigenvalue weighted by Crippen LogP contribution is 2.26. The quantitative estimate of drug-likeness (QED) is 0.798. The number of nitrogens with zero attached hydrogens (tertiary/aromatic N) is 2. The zero-order chi connectivity index (χ0) is 13.2. The van der Waals surface area contributed by atoms with E-state index in [0.29, 0.717) is 0 Å². The Balaban J connectivity index is 1.82. The molecular formula is C15H18N2OS. The highest BCUT2D eigenvalue weighted by Gasteiger charge is 2.20. The van der Waals surface area contributed by atoms with Crippen molar-refractivity contribution in [1.82, 2.24) is 9.80 Å². The van der Waals surface area contributed by atoms with E-state index in [1.165, 1.54) is 10.1 Å². The van der Waals surface area contributed by atoms with E-state index in [0.717, 1.165) is 37.5 Å². The Bertz CT molecular complexity index is 560. The molecule has 1 amide bonds. The van der Waals surface area contributed by atoms with Gasteiger partial charge in [0.15, 0.2) is 0 Å². The second kappa shape index (κ2) is 5.31. The van der Waals surface area contributed by atoms with Gasteiger partial charge in [-0.1, -0.05) is 18.2 Å². The van der Waals surface area contributed by atoms with E-state index >= 15 is 0 Å². The maximum atomic E-state index is 12.5. The number of fused-ring (bicyclic) bond motifs is 1. The topological polar surface area (TPSA) is 23.6 Å². The van der Waals surface area contributed by atoms with Crippen LogP contribution in [0.5, 0.6) is 0 Å². The van der Waals surface area contributed by atoms with Crippen molar-refractivity contribution in [3.8, 4) is 0 Å². The van der Waals surface area contributed by atoms with Gasteiger partial charge >= 0.3 is 0 Å². The van der Waals surface area contributed by atoms with Crippen LogP contribution in [0.25, 0.3) is 10.1 Å². The van der Waals surface area contributed by atoms with Crippen molar-refractivity contribution in [1.29, 1.82) is 0 Å². The molecule has 1 saturated heterocycles. The third kappa shape index (κ3) is 2.65. The van der Waals surface area contributed by atoms with Crippen LogP contribution in [0.15, 0.2) is 30.3 Å². The first-order valence-corrected chi connectivity index (χ1v) is 7.52. The van der Waals surface area contributed by atoms with E-state index in [9.17, 15) is 4.79 Å². The van der Waals surface area contributed by atoms with E-state index in [1.807, 2.05) is 23.1 Å². The second-order valence-corrected chi connectivity index (χ2v) is 6.18. The van der Waals surface area contributed by atoms with E-state index < -0.39 is 0 Å². The minimum Gasteiger partial charge on any atom is -0.337 e. The molecular weight excluding hydrogens is 256 g/mol. The molecule has 1 aromatic heterocycles. The van der Waals surface area contributed by atoms with Crippen LogP contribution in [0.3, 0.4) is 0 Å². The lowest BCUT2D eigenvalue weighted by Crippen LogP contribution is -2.34. The van der Waals surface area contributed by atoms with Crippen molar-refractivity contribution < 1.29 is 4.79 Å². The molecule has 0 saturated carbocycles. The fourth-order valence-corrected chi connectivity index (χ4v) is 3.52. The summed E-state index contributed by atoms with van der Waals surface area (Å²) in [7, 11) is 2.12. The van der Waals surface area contributed by atoms with Crippen molar-refractivity contribution in [2.75, 3.05) is 33.2 Å². The molecule has 0 aliphatic carbocycles. The molecule has 2 aromatic rings. The van der Waals surface area contributed by atoms with Crippen LogP contribution >= 0.6 is 11.3 Å². The first kappa shape index (κ1) is 12.6. The third-order valence-electron chi connectivity index (χ3n) is 3.64. The number of amides is 1. The first-order valence-electron chi connectivity index (χ1n) is 6.70. The average Bonchev–Trinajstić information content (AvgIpc) is 2.74. The number of hydrogen-bond donors (Lipinski definition) is 0. The van der Waals surface area contributed by atoms with Crippen LogP contribution < -0.4 is 0 Å². The lowest BCUT2D eigenvalue weighted by atomic mass is 10.2. The fraction of sp³-hybridized carbons (Fsp3) is 0.400. The molecule has 0 atom stereocenters. The third-order valence-corrected chi connectivity index (χ3v) is 4.75. The predicted octanol–water partition coefficient (Wildman–Crippen LogP) is 2.68. The largest absolute Gasteiger partial charge is 0.337 e. The number of carbonyl (C=O) groups is 1. The standard InChI is InChI=1S/C15H18N2OS/c1-16-7-4-8-17(10-9-16)15(18)14-11-12-5-2-3-6-13(12)19-14/h2-3,5-6,11H,4,7-10H2,1H3. The highest BCUT2D eigenvalue weighted by atomic mass is 32.1. The fourth-order valence-electron chi connectivity index (χ4n) is 2.49. The number of benzene rings is 1. The monoisotopic (exact) mass is 274 g/mol. The number of rotatable bonds is 1. The molecule has 0 bridgehead atoms. The van der Waals surface area contributed by atoms with Crippen LogP contribution in [0.1, 0.15) is 16.1 Å². The summed E-state index contributed by atoms with van der Waals surface area (Å²) in [6.45, 7) is 3.76. The number of likely N-dealkylation sites (N-methyl/N-ethyl adjacent to an activating group) is 1. The number of thiophene rings is 1. The summed E-state index contributed by atoms with van der Waals surface area (Å²) in [5.74, 6) is 0.191. The molecule has 0 spiro atoms.